The number of carbonyl (C=O) groups excluding carboxylic acids is 3. The van der Waals surface area contributed by atoms with Crippen molar-refractivity contribution in [3.63, 3.8) is 0 Å². The average molecular weight is 1010 g/mol. The highest BCUT2D eigenvalue weighted by atomic mass is 32.2. The van der Waals surface area contributed by atoms with Crippen LogP contribution in [-0.4, -0.2) is 69.9 Å². The molecule has 0 amide bonds. The first kappa shape index (κ1) is 52.5. The Morgan fingerprint density at radius 1 is 0.586 bits per heavy atom. The highest BCUT2D eigenvalue weighted by molar-refractivity contribution is 7.99. The third kappa shape index (κ3) is 12.8. The molecule has 2 aliphatic rings. The quantitative estimate of drug-likeness (QED) is 0.0661. The number of ether oxygens (including phenoxy) is 5. The number of halogens is 2. The number of benzene rings is 2. The van der Waals surface area contributed by atoms with Crippen molar-refractivity contribution < 1.29 is 46.8 Å². The first-order valence-electron chi connectivity index (χ1n) is 23.3. The van der Waals surface area contributed by atoms with Crippen molar-refractivity contribution in [2.24, 2.45) is 11.8 Å². The minimum absolute atomic E-state index is 0.0185. The van der Waals surface area contributed by atoms with Gasteiger partial charge in [-0.25, -0.2) is 9.97 Å². The Bertz CT molecular complexity index is 2760. The fourth-order valence-corrected chi connectivity index (χ4v) is 12.1. The minimum atomic E-state index is -0.757. The highest BCUT2D eigenvalue weighted by Crippen LogP contribution is 2.44. The molecule has 10 atom stereocenters. The first-order chi connectivity index (χ1) is 33.4. The summed E-state index contributed by atoms with van der Waals surface area (Å²) in [6.07, 6.45) is 4.12. The highest BCUT2D eigenvalue weighted by Gasteiger charge is 2.47. The lowest BCUT2D eigenvalue weighted by Crippen LogP contribution is -2.52. The summed E-state index contributed by atoms with van der Waals surface area (Å²) >= 11 is 5.02. The third-order valence-corrected chi connectivity index (χ3v) is 16.5. The van der Waals surface area contributed by atoms with Gasteiger partial charge in [0, 0.05) is 88.5 Å². The Labute approximate surface area is 421 Å². The Kier molecular flexibility index (Phi) is 17.5. The minimum Gasteiger partial charge on any atom is -0.461 e. The summed E-state index contributed by atoms with van der Waals surface area (Å²) in [5, 5.41) is 0.0185. The van der Waals surface area contributed by atoms with Gasteiger partial charge in [0.05, 0.1) is 23.6 Å². The molecule has 0 N–H and O–H groups in total. The van der Waals surface area contributed by atoms with Gasteiger partial charge < -0.3 is 23.7 Å². The van der Waals surface area contributed by atoms with E-state index in [9.17, 15) is 23.2 Å². The summed E-state index contributed by atoms with van der Waals surface area (Å²) in [6, 6.07) is 27.1. The maximum atomic E-state index is 13.2. The molecule has 2 saturated heterocycles. The molecule has 6 aromatic rings. The summed E-state index contributed by atoms with van der Waals surface area (Å²) in [7, 11) is 0. The number of pyridine rings is 2. The Hall–Kier alpha value is -5.32. The van der Waals surface area contributed by atoms with Crippen LogP contribution in [0.25, 0.3) is 20.9 Å². The summed E-state index contributed by atoms with van der Waals surface area (Å²) in [6.45, 7) is 16.3. The third-order valence-electron chi connectivity index (χ3n) is 13.1. The summed E-state index contributed by atoms with van der Waals surface area (Å²) in [5.41, 5.74) is 8.44. The molecular formula is C55H60F2N2O8S3. The number of hydrogen-bond donors (Lipinski definition) is 0. The molecule has 0 saturated carbocycles. The molecule has 2 aliphatic heterocycles. The number of aryl methyl sites for hydroxylation is 2. The van der Waals surface area contributed by atoms with E-state index in [0.29, 0.717) is 6.42 Å². The maximum Gasteiger partial charge on any atom is 0.303 e. The van der Waals surface area contributed by atoms with Gasteiger partial charge in [-0.05, 0) is 116 Å². The van der Waals surface area contributed by atoms with Crippen LogP contribution in [0.5, 0.6) is 0 Å². The smallest absolute Gasteiger partial charge is 0.303 e. The molecule has 2 unspecified atom stereocenters. The van der Waals surface area contributed by atoms with E-state index in [1.165, 1.54) is 55.1 Å². The zero-order valence-electron chi connectivity index (χ0n) is 41.1. The molecule has 4 aromatic heterocycles. The molecule has 370 valence electrons. The average Bonchev–Trinajstić information content (AvgIpc) is 4.00. The molecule has 2 fully saturated rings. The van der Waals surface area contributed by atoms with Crippen LogP contribution in [0.2, 0.25) is 0 Å². The Balaban J connectivity index is 0.000000207. The van der Waals surface area contributed by atoms with Crippen molar-refractivity contribution >= 4 is 52.3 Å². The molecule has 10 nitrogen and oxygen atoms in total. The van der Waals surface area contributed by atoms with Crippen LogP contribution in [0.4, 0.5) is 8.78 Å². The number of rotatable bonds is 12. The molecule has 0 radical (unpaired) electrons. The molecule has 2 aromatic carbocycles. The number of aromatic nitrogens is 2. The maximum absolute atomic E-state index is 13.2. The molecule has 0 bridgehead atoms. The first-order valence-corrected chi connectivity index (χ1v) is 26.3. The number of thioether (sulfide) groups is 1. The van der Waals surface area contributed by atoms with Gasteiger partial charge in [0.1, 0.15) is 18.3 Å². The van der Waals surface area contributed by atoms with Crippen LogP contribution >= 0.6 is 34.4 Å². The van der Waals surface area contributed by atoms with E-state index in [4.69, 9.17) is 23.7 Å². The fourth-order valence-electron chi connectivity index (χ4n) is 8.98. The topological polar surface area (TPSA) is 123 Å². The van der Waals surface area contributed by atoms with Gasteiger partial charge >= 0.3 is 17.9 Å². The van der Waals surface area contributed by atoms with E-state index in [2.05, 4.69) is 80.1 Å². The van der Waals surface area contributed by atoms with Gasteiger partial charge in [-0.1, -0.05) is 50.2 Å². The zero-order valence-corrected chi connectivity index (χ0v) is 43.5. The molecular weight excluding hydrogens is 951 g/mol. The van der Waals surface area contributed by atoms with Gasteiger partial charge in [-0.3, -0.25) is 14.4 Å². The molecule has 70 heavy (non-hydrogen) atoms. The predicted molar refractivity (Wildman–Crippen MR) is 272 cm³/mol. The van der Waals surface area contributed by atoms with Gasteiger partial charge in [-0.15, -0.1) is 22.7 Å². The van der Waals surface area contributed by atoms with Crippen molar-refractivity contribution in [3.8, 4) is 20.9 Å². The zero-order chi connectivity index (χ0) is 50.4. The Morgan fingerprint density at radius 2 is 1.01 bits per heavy atom. The van der Waals surface area contributed by atoms with E-state index in [0.717, 1.165) is 54.4 Å². The van der Waals surface area contributed by atoms with E-state index < -0.39 is 42.1 Å². The fraction of sp³-hybridized carbons (Fsp3) is 0.400. The molecule has 6 heterocycles. The molecule has 15 heteroatoms. The number of esters is 3. The van der Waals surface area contributed by atoms with Crippen molar-refractivity contribution in [2.75, 3.05) is 6.26 Å². The van der Waals surface area contributed by atoms with Gasteiger partial charge in [-0.2, -0.15) is 20.5 Å². The van der Waals surface area contributed by atoms with Crippen LogP contribution in [-0.2, 0) is 50.9 Å². The van der Waals surface area contributed by atoms with Crippen LogP contribution < -0.4 is 0 Å². The molecule has 8 rings (SSSR count). The molecule has 0 spiro atoms. The second kappa shape index (κ2) is 23.3. The van der Waals surface area contributed by atoms with Crippen LogP contribution in [0.15, 0.2) is 97.3 Å². The van der Waals surface area contributed by atoms with Gasteiger partial charge in [0.15, 0.2) is 6.10 Å². The monoisotopic (exact) mass is 1010 g/mol. The van der Waals surface area contributed by atoms with Crippen LogP contribution in [0.1, 0.15) is 104 Å². The van der Waals surface area contributed by atoms with Crippen molar-refractivity contribution in [3.05, 3.63) is 152 Å². The van der Waals surface area contributed by atoms with Crippen LogP contribution in [0.3, 0.4) is 0 Å². The van der Waals surface area contributed by atoms with Crippen LogP contribution in [0, 0.1) is 37.6 Å². The van der Waals surface area contributed by atoms with Crippen molar-refractivity contribution in [1.29, 1.82) is 0 Å². The standard InChI is InChI=1S/C28H30FNO5S.C27H30FNO3S2/c1-15-6-7-20(27-28(35-19(5)32)26(34-18(4)31)16(2)17(3)33-27)12-22(15)13-23-9-10-24(36-23)21-8-11-25(29)30-14-21;1-15-6-7-19(26-27(33-5)25(32-18(4)30)16(2)17(3)31-26)12-21(15)13-22-9-10-23(34-22)20-8-11-24(28)29-14-20/h6-12,14,16-17,26-28H,13H2,1-5H3;6-12,14,16-17,25-27H,13H2,1-5H3/t16-,17-,26+,27?,28-;16-,17-,25+,26?,27-/m11/s1. The lowest BCUT2D eigenvalue weighted by molar-refractivity contribution is -0.222. The van der Waals surface area contributed by atoms with E-state index in [1.54, 1.807) is 52.8 Å². The normalized spacial score (nSPS) is 24.2. The van der Waals surface area contributed by atoms with Crippen molar-refractivity contribution in [1.82, 2.24) is 9.97 Å². The second-order valence-corrected chi connectivity index (χ2v) is 21.5. The van der Waals surface area contributed by atoms with Crippen molar-refractivity contribution in [2.45, 2.75) is 123 Å². The largest absolute Gasteiger partial charge is 0.461 e. The Morgan fingerprint density at radius 3 is 1.46 bits per heavy atom. The number of nitrogens with zero attached hydrogens (tertiary/aromatic N) is 2. The summed E-state index contributed by atoms with van der Waals surface area (Å²) < 4.78 is 56.2. The van der Waals surface area contributed by atoms with E-state index >= 15 is 0 Å². The van der Waals surface area contributed by atoms with E-state index in [1.807, 2.05) is 38.3 Å². The van der Waals surface area contributed by atoms with Gasteiger partial charge in [0.25, 0.3) is 0 Å². The number of thiophene rings is 2. The summed E-state index contributed by atoms with van der Waals surface area (Å²) in [4.78, 5) is 47.6. The predicted octanol–water partition coefficient (Wildman–Crippen LogP) is 12.4. The number of carbonyl (C=O) groups is 3. The lowest BCUT2D eigenvalue weighted by atomic mass is 9.85. The number of hydrogen-bond acceptors (Lipinski definition) is 13. The SMILES string of the molecule is CC(=O)O[C@H]1[C@H](C)[C@@H](C)OC(c2ccc(C)c(Cc3ccc(-c4ccc(F)nc4)s3)c2)[C@@H]1OC(C)=O.CS[C@H]1C(c2ccc(C)c(Cc3ccc(-c4ccc(F)nc4)s3)c2)O[C@H](C)[C@@H](C)[C@@H]1OC(C)=O. The lowest BCUT2D eigenvalue weighted by Gasteiger charge is -2.44. The second-order valence-electron chi connectivity index (χ2n) is 18.2. The summed E-state index contributed by atoms with van der Waals surface area (Å²) in [5.74, 6) is -2.13. The van der Waals surface area contributed by atoms with E-state index in [-0.39, 0.29) is 47.5 Å². The van der Waals surface area contributed by atoms with Gasteiger partial charge in [0.2, 0.25) is 11.9 Å². The molecule has 0 aliphatic carbocycles.